The van der Waals surface area contributed by atoms with E-state index in [4.69, 9.17) is 9.92 Å². The van der Waals surface area contributed by atoms with Crippen molar-refractivity contribution in [2.75, 3.05) is 26.2 Å². The minimum Gasteiger partial charge on any atom is -0.330 e. The first-order chi connectivity index (χ1) is 19.5. The van der Waals surface area contributed by atoms with Crippen LogP contribution in [0, 0.1) is 46.3 Å². The lowest BCUT2D eigenvalue weighted by Gasteiger charge is -2.61. The second-order valence-corrected chi connectivity index (χ2v) is 16.3. The maximum absolute atomic E-state index is 11.3. The summed E-state index contributed by atoms with van der Waals surface area (Å²) >= 11 is 0. The Hall–Kier alpha value is -0.250. The first-order valence-electron chi connectivity index (χ1n) is 17.3. The van der Waals surface area contributed by atoms with Gasteiger partial charge in [-0.25, -0.2) is 4.18 Å². The van der Waals surface area contributed by atoms with E-state index in [1.165, 1.54) is 70.6 Å². The van der Waals surface area contributed by atoms with Crippen molar-refractivity contribution in [2.45, 2.75) is 136 Å². The Labute approximate surface area is 252 Å². The topological polar surface area (TPSA) is 114 Å². The van der Waals surface area contributed by atoms with E-state index < -0.39 is 16.5 Å². The molecule has 4 aliphatic rings. The van der Waals surface area contributed by atoms with E-state index in [0.717, 1.165) is 75.0 Å². The minimum atomic E-state index is -4.40. The van der Waals surface area contributed by atoms with Gasteiger partial charge in [-0.05, 0) is 162 Å². The van der Waals surface area contributed by atoms with Crippen LogP contribution < -0.4 is 16.4 Å². The average molecular weight is 598 g/mol. The first-order valence-corrected chi connectivity index (χ1v) is 18.6. The highest BCUT2D eigenvalue weighted by Crippen LogP contribution is 2.67. The molecule has 7 nitrogen and oxygen atoms in total. The van der Waals surface area contributed by atoms with Crippen LogP contribution in [-0.2, 0) is 14.6 Å². The van der Waals surface area contributed by atoms with Gasteiger partial charge < -0.3 is 16.4 Å². The van der Waals surface area contributed by atoms with Crippen LogP contribution in [0.2, 0.25) is 0 Å². The van der Waals surface area contributed by atoms with E-state index in [2.05, 4.69) is 24.5 Å². The molecular weight excluding hydrogens is 534 g/mol. The van der Waals surface area contributed by atoms with E-state index in [-0.39, 0.29) is 5.92 Å². The predicted octanol–water partition coefficient (Wildman–Crippen LogP) is 6.34. The Bertz CT molecular complexity index is 916. The fraction of sp³-hybridized carbons (Fsp3) is 1.00. The molecule has 5 unspecified atom stereocenters. The smallest absolute Gasteiger partial charge is 0.330 e. The van der Waals surface area contributed by atoms with Gasteiger partial charge in [0.05, 0.1) is 6.10 Å². The Morgan fingerprint density at radius 3 is 2.37 bits per heavy atom. The van der Waals surface area contributed by atoms with Crippen molar-refractivity contribution in [3.8, 4) is 0 Å². The van der Waals surface area contributed by atoms with E-state index in [1.807, 2.05) is 13.8 Å². The molecule has 5 N–H and O–H groups in total. The van der Waals surface area contributed by atoms with Gasteiger partial charge in [-0.2, -0.15) is 8.42 Å². The SMILES string of the molecule is CC(C)C(CCC[C@H]1CCC2C3CCC4C[C@@H](NCCCNCCCCN)CC[C@]4(C)C3CC[C@@]21C)OS(=O)(=O)O. The predicted molar refractivity (Wildman–Crippen MR) is 168 cm³/mol. The Balaban J connectivity index is 1.25. The van der Waals surface area contributed by atoms with Crippen LogP contribution in [0.1, 0.15) is 124 Å². The third-order valence-corrected chi connectivity index (χ3v) is 13.2. The van der Waals surface area contributed by atoms with Gasteiger partial charge in [0.2, 0.25) is 0 Å². The molecule has 0 aliphatic heterocycles. The lowest BCUT2D eigenvalue weighted by molar-refractivity contribution is -0.115. The summed E-state index contributed by atoms with van der Waals surface area (Å²) in [6.45, 7) is 13.3. The molecule has 240 valence electrons. The van der Waals surface area contributed by atoms with E-state index in [9.17, 15) is 13.0 Å². The number of hydrogen-bond acceptors (Lipinski definition) is 6. The zero-order valence-corrected chi connectivity index (χ0v) is 27.5. The van der Waals surface area contributed by atoms with E-state index >= 15 is 0 Å². The van der Waals surface area contributed by atoms with Crippen LogP contribution in [0.15, 0.2) is 0 Å². The van der Waals surface area contributed by atoms with Crippen molar-refractivity contribution in [1.29, 1.82) is 0 Å². The average Bonchev–Trinajstić information content (AvgIpc) is 3.25. The number of hydrogen-bond donors (Lipinski definition) is 4. The van der Waals surface area contributed by atoms with Crippen molar-refractivity contribution >= 4 is 10.4 Å². The number of rotatable bonds is 16. The molecule has 9 atom stereocenters. The molecule has 0 aromatic carbocycles. The lowest BCUT2D eigenvalue weighted by Crippen LogP contribution is -2.55. The molecule has 0 bridgehead atoms. The second kappa shape index (κ2) is 14.7. The molecule has 0 saturated heterocycles. The van der Waals surface area contributed by atoms with Crippen LogP contribution in [0.4, 0.5) is 0 Å². The largest absolute Gasteiger partial charge is 0.397 e. The highest BCUT2D eigenvalue weighted by molar-refractivity contribution is 7.80. The third kappa shape index (κ3) is 8.27. The first kappa shape index (κ1) is 33.6. The normalized spacial score (nSPS) is 37.9. The quantitative estimate of drug-likeness (QED) is 0.121. The summed E-state index contributed by atoms with van der Waals surface area (Å²) in [5.41, 5.74) is 6.53. The monoisotopic (exact) mass is 597 g/mol. The molecule has 0 spiro atoms. The second-order valence-electron chi connectivity index (χ2n) is 15.2. The van der Waals surface area contributed by atoms with Crippen LogP contribution in [-0.4, -0.2) is 51.3 Å². The van der Waals surface area contributed by atoms with Gasteiger partial charge in [-0.15, -0.1) is 0 Å². The maximum atomic E-state index is 11.3. The molecule has 0 heterocycles. The Kier molecular flexibility index (Phi) is 12.0. The molecule has 4 rings (SSSR count). The molecule has 4 saturated carbocycles. The minimum absolute atomic E-state index is 0.0640. The van der Waals surface area contributed by atoms with Crippen LogP contribution in [0.5, 0.6) is 0 Å². The number of unbranched alkanes of at least 4 members (excludes halogenated alkanes) is 1. The van der Waals surface area contributed by atoms with Crippen molar-refractivity contribution in [1.82, 2.24) is 10.6 Å². The summed E-state index contributed by atoms with van der Waals surface area (Å²) in [7, 11) is -4.40. The fourth-order valence-corrected chi connectivity index (χ4v) is 10.9. The van der Waals surface area contributed by atoms with Crippen molar-refractivity contribution < 1.29 is 17.2 Å². The van der Waals surface area contributed by atoms with Crippen LogP contribution in [0.3, 0.4) is 0 Å². The molecule has 8 heteroatoms. The van der Waals surface area contributed by atoms with Gasteiger partial charge in [0.15, 0.2) is 0 Å². The zero-order chi connectivity index (χ0) is 29.7. The van der Waals surface area contributed by atoms with Crippen molar-refractivity contribution in [3.05, 3.63) is 0 Å². The number of nitrogens with one attached hydrogen (secondary N) is 2. The molecule has 0 aromatic rings. The molecule has 4 fully saturated rings. The molecule has 0 radical (unpaired) electrons. The zero-order valence-electron chi connectivity index (χ0n) is 26.7. The Morgan fingerprint density at radius 1 is 0.902 bits per heavy atom. The van der Waals surface area contributed by atoms with Crippen molar-refractivity contribution in [3.63, 3.8) is 0 Å². The molecule has 0 aromatic heterocycles. The van der Waals surface area contributed by atoms with Crippen LogP contribution in [0.25, 0.3) is 0 Å². The van der Waals surface area contributed by atoms with E-state index in [1.54, 1.807) is 0 Å². The van der Waals surface area contributed by atoms with Gasteiger partial charge in [-0.3, -0.25) is 4.55 Å². The summed E-state index contributed by atoms with van der Waals surface area (Å²) in [5, 5.41) is 7.49. The standard InChI is InChI=1S/C33H63N3O4S/c1-24(2)31(40-41(37,38)39)10-7-9-25-12-14-29-28-13-11-26-23-27(36-22-8-21-35-20-6-5-19-34)15-17-33(26,4)30(28)16-18-32(25,29)3/h24-31,35-36H,5-23,34H2,1-4H3,(H,37,38,39)/t25-,26?,27-,28?,29?,30?,31?,32+,33-/m0/s1. The summed E-state index contributed by atoms with van der Waals surface area (Å²) in [4.78, 5) is 0. The number of nitrogens with two attached hydrogens (primary N) is 1. The maximum Gasteiger partial charge on any atom is 0.397 e. The molecule has 0 amide bonds. The molecule has 41 heavy (non-hydrogen) atoms. The van der Waals surface area contributed by atoms with Gasteiger partial charge in [0.25, 0.3) is 0 Å². The number of fused-ring (bicyclic) bond motifs is 5. The van der Waals surface area contributed by atoms with E-state index in [0.29, 0.717) is 23.3 Å². The molecular formula is C33H63N3O4S. The summed E-state index contributed by atoms with van der Waals surface area (Å²) in [5.74, 6) is 4.31. The molecule has 4 aliphatic carbocycles. The summed E-state index contributed by atoms with van der Waals surface area (Å²) in [6.07, 6.45) is 18.3. The van der Waals surface area contributed by atoms with Gasteiger partial charge in [0.1, 0.15) is 0 Å². The fourth-order valence-electron chi connectivity index (χ4n) is 10.3. The highest BCUT2D eigenvalue weighted by Gasteiger charge is 2.59. The Morgan fingerprint density at radius 2 is 1.63 bits per heavy atom. The summed E-state index contributed by atoms with van der Waals surface area (Å²) < 4.78 is 36.8. The lowest BCUT2D eigenvalue weighted by atomic mass is 9.44. The van der Waals surface area contributed by atoms with Gasteiger partial charge in [0, 0.05) is 6.04 Å². The summed E-state index contributed by atoms with van der Waals surface area (Å²) in [6, 6.07) is 0.700. The van der Waals surface area contributed by atoms with Gasteiger partial charge in [-0.1, -0.05) is 34.1 Å². The highest BCUT2D eigenvalue weighted by atomic mass is 32.3. The third-order valence-electron chi connectivity index (χ3n) is 12.7. The van der Waals surface area contributed by atoms with Gasteiger partial charge >= 0.3 is 10.4 Å². The van der Waals surface area contributed by atoms with Crippen LogP contribution >= 0.6 is 0 Å². The van der Waals surface area contributed by atoms with Crippen molar-refractivity contribution in [2.24, 2.45) is 52.1 Å².